The van der Waals surface area contributed by atoms with Crippen LogP contribution in [0.1, 0.15) is 5.56 Å². The molecule has 4 heterocycles. The Hall–Kier alpha value is -3.23. The summed E-state index contributed by atoms with van der Waals surface area (Å²) in [6.07, 6.45) is 5.44. The lowest BCUT2D eigenvalue weighted by molar-refractivity contribution is -0.115. The summed E-state index contributed by atoms with van der Waals surface area (Å²) in [5.74, 6) is 0.639. The van der Waals surface area contributed by atoms with Crippen molar-refractivity contribution in [2.24, 2.45) is 0 Å². The Morgan fingerprint density at radius 2 is 1.87 bits per heavy atom. The molecule has 3 aromatic rings. The average Bonchev–Trinajstić information content (AvgIpc) is 3.10. The van der Waals surface area contributed by atoms with Crippen molar-refractivity contribution in [3.8, 4) is 11.1 Å². The predicted octanol–water partition coefficient (Wildman–Crippen LogP) is 3.37. The number of carbonyl (C=O) groups is 2. The number of pyridine rings is 2. The van der Waals surface area contributed by atoms with E-state index in [1.165, 1.54) is 0 Å². The van der Waals surface area contributed by atoms with Crippen molar-refractivity contribution in [2.75, 3.05) is 38.1 Å². The van der Waals surface area contributed by atoms with E-state index in [2.05, 4.69) is 39.3 Å². The van der Waals surface area contributed by atoms with Gasteiger partial charge in [-0.1, -0.05) is 6.07 Å². The molecule has 156 valence electrons. The third-order valence-corrected chi connectivity index (χ3v) is 6.40. The first-order valence-corrected chi connectivity index (χ1v) is 10.9. The topological polar surface area (TPSA) is 78.4 Å². The maximum absolute atomic E-state index is 11.9. The Morgan fingerprint density at radius 1 is 1.03 bits per heavy atom. The van der Waals surface area contributed by atoms with E-state index in [4.69, 9.17) is 4.98 Å². The highest BCUT2D eigenvalue weighted by Gasteiger charge is 2.25. The third kappa shape index (κ3) is 4.04. The Balaban J connectivity index is 1.47. The van der Waals surface area contributed by atoms with Crippen molar-refractivity contribution < 1.29 is 9.59 Å². The lowest BCUT2D eigenvalue weighted by Crippen LogP contribution is -2.44. The van der Waals surface area contributed by atoms with E-state index in [1.54, 1.807) is 12.3 Å². The molecular formula is C23H21N5O2S. The second-order valence-corrected chi connectivity index (χ2v) is 8.70. The smallest absolute Gasteiger partial charge is 0.290 e. The van der Waals surface area contributed by atoms with E-state index >= 15 is 0 Å². The SMILES string of the molecule is CN1CCN(c2ccc(-c3ccnc4ccc(/C=C5\SC(=O)NC5=O)cc34)cn2)CC1. The van der Waals surface area contributed by atoms with Crippen LogP contribution < -0.4 is 10.2 Å². The van der Waals surface area contributed by atoms with Crippen LogP contribution in [0.4, 0.5) is 10.6 Å². The number of likely N-dealkylation sites (N-methyl/N-ethyl adjacent to an activating group) is 1. The molecule has 5 rings (SSSR count). The summed E-state index contributed by atoms with van der Waals surface area (Å²) in [6.45, 7) is 4.04. The van der Waals surface area contributed by atoms with Crippen LogP contribution in [-0.2, 0) is 4.79 Å². The minimum absolute atomic E-state index is 0.342. The maximum Gasteiger partial charge on any atom is 0.290 e. The first-order chi connectivity index (χ1) is 15.1. The molecule has 0 spiro atoms. The predicted molar refractivity (Wildman–Crippen MR) is 124 cm³/mol. The van der Waals surface area contributed by atoms with Crippen LogP contribution in [0.15, 0.2) is 53.7 Å². The zero-order valence-corrected chi connectivity index (χ0v) is 17.9. The Labute approximate surface area is 184 Å². The van der Waals surface area contributed by atoms with Crippen molar-refractivity contribution in [1.82, 2.24) is 20.2 Å². The molecule has 2 saturated heterocycles. The van der Waals surface area contributed by atoms with Gasteiger partial charge in [0, 0.05) is 49.5 Å². The number of nitrogens with zero attached hydrogens (tertiary/aromatic N) is 4. The molecule has 2 fully saturated rings. The fraction of sp³-hybridized carbons (Fsp3) is 0.217. The fourth-order valence-electron chi connectivity index (χ4n) is 3.85. The molecule has 31 heavy (non-hydrogen) atoms. The summed E-state index contributed by atoms with van der Waals surface area (Å²) in [4.78, 5) is 37.5. The number of imide groups is 1. The lowest BCUT2D eigenvalue weighted by atomic mass is 10.0. The normalized spacial score (nSPS) is 18.7. The molecule has 8 heteroatoms. The van der Waals surface area contributed by atoms with Gasteiger partial charge in [0.1, 0.15) is 5.82 Å². The van der Waals surface area contributed by atoms with Crippen LogP contribution in [0.3, 0.4) is 0 Å². The number of anilines is 1. The highest BCUT2D eigenvalue weighted by Crippen LogP contribution is 2.31. The first kappa shape index (κ1) is 19.7. The molecule has 1 N–H and O–H groups in total. The second-order valence-electron chi connectivity index (χ2n) is 7.68. The Kier molecular flexibility index (Phi) is 5.17. The third-order valence-electron chi connectivity index (χ3n) is 5.59. The van der Waals surface area contributed by atoms with Crippen LogP contribution in [0, 0.1) is 0 Å². The summed E-state index contributed by atoms with van der Waals surface area (Å²) < 4.78 is 0. The lowest BCUT2D eigenvalue weighted by Gasteiger charge is -2.33. The fourth-order valence-corrected chi connectivity index (χ4v) is 4.53. The molecular weight excluding hydrogens is 410 g/mol. The number of hydrogen-bond acceptors (Lipinski definition) is 7. The van der Waals surface area contributed by atoms with E-state index < -0.39 is 0 Å². The molecule has 2 amide bonds. The average molecular weight is 432 g/mol. The molecule has 0 atom stereocenters. The van der Waals surface area contributed by atoms with Crippen molar-refractivity contribution in [1.29, 1.82) is 0 Å². The van der Waals surface area contributed by atoms with Crippen LogP contribution in [0.25, 0.3) is 28.1 Å². The van der Waals surface area contributed by atoms with Gasteiger partial charge in [0.05, 0.1) is 10.4 Å². The summed E-state index contributed by atoms with van der Waals surface area (Å²) >= 11 is 0.918. The highest BCUT2D eigenvalue weighted by molar-refractivity contribution is 8.18. The number of thioether (sulfide) groups is 1. The minimum Gasteiger partial charge on any atom is -0.354 e. The Morgan fingerprint density at radius 3 is 2.58 bits per heavy atom. The maximum atomic E-state index is 11.9. The first-order valence-electron chi connectivity index (χ1n) is 10.1. The standard InChI is InChI=1S/C23H21N5O2S/c1-27-8-10-28(11-9-27)21-5-3-16(14-25-21)17-6-7-24-19-4-2-15(12-18(17)19)13-20-22(29)26-23(30)31-20/h2-7,12-14H,8-11H2,1H3,(H,26,29,30)/b20-13-. The van der Waals surface area contributed by atoms with E-state index in [9.17, 15) is 9.59 Å². The van der Waals surface area contributed by atoms with Crippen LogP contribution >= 0.6 is 11.8 Å². The van der Waals surface area contributed by atoms with Crippen molar-refractivity contribution in [3.05, 3.63) is 59.3 Å². The molecule has 2 aromatic heterocycles. The van der Waals surface area contributed by atoms with Crippen molar-refractivity contribution in [3.63, 3.8) is 0 Å². The number of benzene rings is 1. The number of fused-ring (bicyclic) bond motifs is 1. The molecule has 2 aliphatic heterocycles. The van der Waals surface area contributed by atoms with Gasteiger partial charge in [0.2, 0.25) is 0 Å². The molecule has 0 saturated carbocycles. The molecule has 0 unspecified atom stereocenters. The number of aromatic nitrogens is 2. The number of piperazine rings is 1. The second kappa shape index (κ2) is 8.13. The molecule has 0 bridgehead atoms. The van der Waals surface area contributed by atoms with Gasteiger partial charge in [0.25, 0.3) is 11.1 Å². The van der Waals surface area contributed by atoms with Gasteiger partial charge in [-0.05, 0) is 66.3 Å². The van der Waals surface area contributed by atoms with E-state index in [1.807, 2.05) is 30.5 Å². The number of nitrogens with one attached hydrogen (secondary N) is 1. The van der Waals surface area contributed by atoms with Crippen LogP contribution in [0.2, 0.25) is 0 Å². The van der Waals surface area contributed by atoms with Gasteiger partial charge in [-0.15, -0.1) is 0 Å². The molecule has 0 radical (unpaired) electrons. The van der Waals surface area contributed by atoms with Gasteiger partial charge in [-0.2, -0.15) is 0 Å². The number of rotatable bonds is 3. The monoisotopic (exact) mass is 431 g/mol. The van der Waals surface area contributed by atoms with Gasteiger partial charge in [-0.3, -0.25) is 19.9 Å². The zero-order chi connectivity index (χ0) is 21.4. The largest absolute Gasteiger partial charge is 0.354 e. The number of hydrogen-bond donors (Lipinski definition) is 1. The van der Waals surface area contributed by atoms with Crippen LogP contribution in [-0.4, -0.2) is 59.2 Å². The summed E-state index contributed by atoms with van der Waals surface area (Å²) in [5.41, 5.74) is 3.75. The van der Waals surface area contributed by atoms with Crippen molar-refractivity contribution in [2.45, 2.75) is 0 Å². The summed E-state index contributed by atoms with van der Waals surface area (Å²) in [7, 11) is 2.14. The quantitative estimate of drug-likeness (QED) is 0.637. The van der Waals surface area contributed by atoms with E-state index in [0.29, 0.717) is 4.91 Å². The number of amides is 2. The van der Waals surface area contributed by atoms with Gasteiger partial charge >= 0.3 is 0 Å². The molecule has 1 aromatic carbocycles. The number of carbonyl (C=O) groups excluding carboxylic acids is 2. The summed E-state index contributed by atoms with van der Waals surface area (Å²) in [5, 5.41) is 2.92. The molecule has 0 aliphatic carbocycles. The van der Waals surface area contributed by atoms with E-state index in [0.717, 1.165) is 71.4 Å². The minimum atomic E-state index is -0.356. The highest BCUT2D eigenvalue weighted by atomic mass is 32.2. The van der Waals surface area contributed by atoms with Gasteiger partial charge < -0.3 is 9.80 Å². The zero-order valence-electron chi connectivity index (χ0n) is 17.0. The Bertz CT molecular complexity index is 1200. The van der Waals surface area contributed by atoms with E-state index in [-0.39, 0.29) is 11.1 Å². The van der Waals surface area contributed by atoms with Gasteiger partial charge in [-0.25, -0.2) is 4.98 Å². The summed E-state index contributed by atoms with van der Waals surface area (Å²) in [6, 6.07) is 12.0. The van der Waals surface area contributed by atoms with Crippen molar-refractivity contribution >= 4 is 45.7 Å². The molecule has 2 aliphatic rings. The molecule has 7 nitrogen and oxygen atoms in total. The van der Waals surface area contributed by atoms with Crippen LogP contribution in [0.5, 0.6) is 0 Å². The van der Waals surface area contributed by atoms with Gasteiger partial charge in [0.15, 0.2) is 0 Å².